The van der Waals surface area contributed by atoms with Gasteiger partial charge in [0.05, 0.1) is 10.6 Å². The van der Waals surface area contributed by atoms with Crippen LogP contribution in [-0.4, -0.2) is 44.3 Å². The third-order valence-electron chi connectivity index (χ3n) is 5.98. The fraction of sp³-hybridized carbons (Fsp3) is 0.286. The molecule has 7 nitrogen and oxygen atoms in total. The maximum Gasteiger partial charge on any atom is 0.264 e. The zero-order valence-electron chi connectivity index (χ0n) is 21.2. The van der Waals surface area contributed by atoms with Crippen molar-refractivity contribution in [1.29, 1.82) is 0 Å². The van der Waals surface area contributed by atoms with Crippen LogP contribution in [0.1, 0.15) is 31.4 Å². The van der Waals surface area contributed by atoms with Crippen molar-refractivity contribution < 1.29 is 18.0 Å². The van der Waals surface area contributed by atoms with Crippen molar-refractivity contribution in [3.8, 4) is 0 Å². The monoisotopic (exact) mass is 541 g/mol. The van der Waals surface area contributed by atoms with Crippen LogP contribution >= 0.6 is 11.6 Å². The van der Waals surface area contributed by atoms with Crippen molar-refractivity contribution >= 4 is 39.1 Å². The molecule has 3 aromatic rings. The molecule has 0 heterocycles. The van der Waals surface area contributed by atoms with E-state index in [9.17, 15) is 18.0 Å². The topological polar surface area (TPSA) is 86.8 Å². The third kappa shape index (κ3) is 7.11. The van der Waals surface area contributed by atoms with Gasteiger partial charge in [0.2, 0.25) is 11.8 Å². The number of aryl methyl sites for hydroxylation is 1. The standard InChI is InChI=1S/C28H32ClN3O4S/c1-4-18-30-28(34)22(3)31(19-23-14-16-24(29)17-15-23)27(33)20-32(26-13-9-8-10-21(26)2)37(35,36)25-11-6-5-7-12-25/h5-17,22H,4,18-20H2,1-3H3,(H,30,34)/t22-/m1/s1. The van der Waals surface area contributed by atoms with Crippen molar-refractivity contribution in [3.05, 3.63) is 95.0 Å². The van der Waals surface area contributed by atoms with Crippen LogP contribution < -0.4 is 9.62 Å². The third-order valence-corrected chi connectivity index (χ3v) is 8.00. The first-order chi connectivity index (χ1) is 17.6. The molecule has 1 atom stereocenters. The van der Waals surface area contributed by atoms with Gasteiger partial charge in [-0.3, -0.25) is 13.9 Å². The van der Waals surface area contributed by atoms with Gasteiger partial charge >= 0.3 is 0 Å². The first-order valence-corrected chi connectivity index (χ1v) is 13.9. The van der Waals surface area contributed by atoms with Gasteiger partial charge in [-0.2, -0.15) is 0 Å². The Balaban J connectivity index is 2.01. The highest BCUT2D eigenvalue weighted by Crippen LogP contribution is 2.27. The van der Waals surface area contributed by atoms with Crippen molar-refractivity contribution in [3.63, 3.8) is 0 Å². The average Bonchev–Trinajstić information content (AvgIpc) is 2.90. The highest BCUT2D eigenvalue weighted by atomic mass is 35.5. The Morgan fingerprint density at radius 1 is 0.946 bits per heavy atom. The largest absolute Gasteiger partial charge is 0.354 e. The number of carbonyl (C=O) groups excluding carboxylic acids is 2. The minimum absolute atomic E-state index is 0.0732. The second-order valence-corrected chi connectivity index (χ2v) is 11.0. The molecule has 0 aliphatic carbocycles. The van der Waals surface area contributed by atoms with Gasteiger partial charge in [0.25, 0.3) is 10.0 Å². The molecule has 0 bridgehead atoms. The summed E-state index contributed by atoms with van der Waals surface area (Å²) in [7, 11) is -4.08. The van der Waals surface area contributed by atoms with E-state index in [0.29, 0.717) is 22.8 Å². The summed E-state index contributed by atoms with van der Waals surface area (Å²) in [4.78, 5) is 28.2. The minimum atomic E-state index is -4.08. The van der Waals surface area contributed by atoms with Crippen LogP contribution in [0.4, 0.5) is 5.69 Å². The quantitative estimate of drug-likeness (QED) is 0.378. The molecular weight excluding hydrogens is 510 g/mol. The van der Waals surface area contributed by atoms with Crippen LogP contribution in [-0.2, 0) is 26.2 Å². The second kappa shape index (κ2) is 12.7. The summed E-state index contributed by atoms with van der Waals surface area (Å²) in [5.41, 5.74) is 1.86. The van der Waals surface area contributed by atoms with E-state index >= 15 is 0 Å². The highest BCUT2D eigenvalue weighted by molar-refractivity contribution is 7.92. The number of amides is 2. The van der Waals surface area contributed by atoms with E-state index in [1.165, 1.54) is 17.0 Å². The molecule has 0 fully saturated rings. The predicted octanol–water partition coefficient (Wildman–Crippen LogP) is 4.79. The maximum atomic E-state index is 13.8. The fourth-order valence-electron chi connectivity index (χ4n) is 3.84. The number of hydrogen-bond donors (Lipinski definition) is 1. The lowest BCUT2D eigenvalue weighted by atomic mass is 10.1. The maximum absolute atomic E-state index is 13.8. The Bertz CT molecular complexity index is 1310. The van der Waals surface area contributed by atoms with Crippen LogP contribution in [0.5, 0.6) is 0 Å². The number of hydrogen-bond acceptors (Lipinski definition) is 4. The molecule has 1 N–H and O–H groups in total. The van der Waals surface area contributed by atoms with E-state index in [1.807, 2.05) is 6.92 Å². The molecule has 2 amide bonds. The minimum Gasteiger partial charge on any atom is -0.354 e. The fourth-order valence-corrected chi connectivity index (χ4v) is 5.47. The summed E-state index contributed by atoms with van der Waals surface area (Å²) < 4.78 is 28.6. The van der Waals surface area contributed by atoms with Gasteiger partial charge in [0, 0.05) is 18.1 Å². The Hall–Kier alpha value is -3.36. The second-order valence-electron chi connectivity index (χ2n) is 8.73. The number of nitrogens with one attached hydrogen (secondary N) is 1. The number of nitrogens with zero attached hydrogens (tertiary/aromatic N) is 2. The van der Waals surface area contributed by atoms with E-state index in [0.717, 1.165) is 16.3 Å². The number of para-hydroxylation sites is 1. The molecule has 0 spiro atoms. The smallest absolute Gasteiger partial charge is 0.264 e. The molecule has 0 radical (unpaired) electrons. The molecular formula is C28H32ClN3O4S. The van der Waals surface area contributed by atoms with Gasteiger partial charge in [-0.15, -0.1) is 0 Å². The normalized spacial score (nSPS) is 12.0. The number of halogens is 1. The zero-order valence-corrected chi connectivity index (χ0v) is 22.8. The molecule has 9 heteroatoms. The lowest BCUT2D eigenvalue weighted by molar-refractivity contribution is -0.139. The number of benzene rings is 3. The van der Waals surface area contributed by atoms with E-state index in [-0.39, 0.29) is 17.3 Å². The van der Waals surface area contributed by atoms with Gasteiger partial charge in [-0.1, -0.05) is 67.1 Å². The van der Waals surface area contributed by atoms with Crippen LogP contribution in [0.2, 0.25) is 5.02 Å². The first-order valence-electron chi connectivity index (χ1n) is 12.1. The van der Waals surface area contributed by atoms with Crippen LogP contribution in [0, 0.1) is 6.92 Å². The van der Waals surface area contributed by atoms with E-state index in [2.05, 4.69) is 5.32 Å². The summed E-state index contributed by atoms with van der Waals surface area (Å²) in [6.07, 6.45) is 0.750. The Labute approximate surface area is 224 Å². The Morgan fingerprint density at radius 3 is 2.19 bits per heavy atom. The number of carbonyl (C=O) groups is 2. The number of anilines is 1. The van der Waals surface area contributed by atoms with Crippen LogP contribution in [0.3, 0.4) is 0 Å². The number of rotatable bonds is 11. The van der Waals surface area contributed by atoms with E-state index in [4.69, 9.17) is 11.6 Å². The molecule has 0 aromatic heterocycles. The van der Waals surface area contributed by atoms with Gasteiger partial charge in [0.1, 0.15) is 12.6 Å². The van der Waals surface area contributed by atoms with Crippen LogP contribution in [0.25, 0.3) is 0 Å². The predicted molar refractivity (Wildman–Crippen MR) is 147 cm³/mol. The zero-order chi connectivity index (χ0) is 27.0. The van der Waals surface area contributed by atoms with Crippen LogP contribution in [0.15, 0.2) is 83.8 Å². The molecule has 37 heavy (non-hydrogen) atoms. The molecule has 0 saturated carbocycles. The average molecular weight is 542 g/mol. The molecule has 3 rings (SSSR count). The van der Waals surface area contributed by atoms with Gasteiger partial charge in [0.15, 0.2) is 0 Å². The molecule has 0 saturated heterocycles. The van der Waals surface area contributed by atoms with Crippen molar-refractivity contribution in [2.24, 2.45) is 0 Å². The Kier molecular flexibility index (Phi) is 9.72. The van der Waals surface area contributed by atoms with E-state index in [1.54, 1.807) is 80.6 Å². The Morgan fingerprint density at radius 2 is 1.57 bits per heavy atom. The van der Waals surface area contributed by atoms with Gasteiger partial charge in [-0.25, -0.2) is 8.42 Å². The molecule has 0 aliphatic heterocycles. The number of sulfonamides is 1. The summed E-state index contributed by atoms with van der Waals surface area (Å²) in [5, 5.41) is 3.38. The molecule has 0 unspecified atom stereocenters. The summed E-state index contributed by atoms with van der Waals surface area (Å²) >= 11 is 6.02. The lowest BCUT2D eigenvalue weighted by Crippen LogP contribution is -2.51. The van der Waals surface area contributed by atoms with Crippen molar-refractivity contribution in [2.45, 2.75) is 44.7 Å². The van der Waals surface area contributed by atoms with Crippen molar-refractivity contribution in [2.75, 3.05) is 17.4 Å². The highest BCUT2D eigenvalue weighted by Gasteiger charge is 2.32. The lowest BCUT2D eigenvalue weighted by Gasteiger charge is -2.32. The molecule has 196 valence electrons. The SMILES string of the molecule is CCCNC(=O)[C@@H](C)N(Cc1ccc(Cl)cc1)C(=O)CN(c1ccccc1C)S(=O)(=O)c1ccccc1. The molecule has 0 aliphatic rings. The van der Waals surface area contributed by atoms with Gasteiger partial charge < -0.3 is 10.2 Å². The summed E-state index contributed by atoms with van der Waals surface area (Å²) in [6.45, 7) is 5.49. The van der Waals surface area contributed by atoms with Crippen molar-refractivity contribution in [1.82, 2.24) is 10.2 Å². The van der Waals surface area contributed by atoms with E-state index < -0.39 is 28.5 Å². The van der Waals surface area contributed by atoms with Gasteiger partial charge in [-0.05, 0) is 61.7 Å². The summed E-state index contributed by atoms with van der Waals surface area (Å²) in [6, 6.07) is 21.1. The summed E-state index contributed by atoms with van der Waals surface area (Å²) in [5.74, 6) is -0.811. The first kappa shape index (κ1) is 28.2. The molecule has 3 aromatic carbocycles.